The molecule has 0 saturated heterocycles. The number of ether oxygens (including phenoxy) is 2. The van der Waals surface area contributed by atoms with Crippen LogP contribution in [-0.2, 0) is 6.61 Å². The third kappa shape index (κ3) is 3.93. The van der Waals surface area contributed by atoms with Crippen molar-refractivity contribution in [2.24, 2.45) is 0 Å². The van der Waals surface area contributed by atoms with Crippen molar-refractivity contribution < 1.29 is 14.3 Å². The normalized spacial score (nSPS) is 13.6. The first-order chi connectivity index (χ1) is 11.6. The van der Waals surface area contributed by atoms with Crippen molar-refractivity contribution in [2.75, 3.05) is 6.26 Å². The highest BCUT2D eigenvalue weighted by molar-refractivity contribution is 8.12. The molecule has 2 aromatic carbocycles. The number of rotatable bonds is 5. The van der Waals surface area contributed by atoms with Gasteiger partial charge in [-0.25, -0.2) is 4.79 Å². The number of benzene rings is 2. The first kappa shape index (κ1) is 16.9. The fourth-order valence-corrected chi connectivity index (χ4v) is 3.03. The minimum atomic E-state index is -0.296. The minimum Gasteiger partial charge on any atom is -0.488 e. The molecule has 0 bridgehead atoms. The molecule has 126 valence electrons. The molecule has 24 heavy (non-hydrogen) atoms. The molecular formula is C20H22O3S. The van der Waals surface area contributed by atoms with Crippen LogP contribution in [0.3, 0.4) is 0 Å². The van der Waals surface area contributed by atoms with E-state index in [2.05, 4.69) is 19.1 Å². The molecule has 0 spiro atoms. The lowest BCUT2D eigenvalue weighted by Gasteiger charge is -2.16. The molecule has 0 aliphatic heterocycles. The van der Waals surface area contributed by atoms with Crippen molar-refractivity contribution in [3.05, 3.63) is 58.7 Å². The van der Waals surface area contributed by atoms with E-state index in [0.717, 1.165) is 28.6 Å². The maximum atomic E-state index is 11.7. The first-order valence-electron chi connectivity index (χ1n) is 8.16. The molecule has 0 atom stereocenters. The monoisotopic (exact) mass is 342 g/mol. The van der Waals surface area contributed by atoms with Crippen molar-refractivity contribution >= 4 is 17.1 Å². The number of hydrogen-bond donors (Lipinski definition) is 0. The van der Waals surface area contributed by atoms with Crippen LogP contribution in [0.1, 0.15) is 41.0 Å². The third-order valence-corrected chi connectivity index (χ3v) is 4.67. The third-order valence-electron chi connectivity index (χ3n) is 4.25. The Morgan fingerprint density at radius 2 is 1.96 bits per heavy atom. The summed E-state index contributed by atoms with van der Waals surface area (Å²) >= 11 is 1.07. The van der Waals surface area contributed by atoms with Gasteiger partial charge in [0.25, 0.3) is 0 Å². The second kappa shape index (κ2) is 7.31. The molecule has 0 aromatic heterocycles. The van der Waals surface area contributed by atoms with Gasteiger partial charge in [-0.1, -0.05) is 29.8 Å². The Hall–Kier alpha value is -1.94. The van der Waals surface area contributed by atoms with Crippen LogP contribution >= 0.6 is 11.8 Å². The highest BCUT2D eigenvalue weighted by Gasteiger charge is 2.28. The van der Waals surface area contributed by atoms with Gasteiger partial charge in [0.05, 0.1) is 0 Å². The van der Waals surface area contributed by atoms with Gasteiger partial charge in [-0.2, -0.15) is 0 Å². The molecule has 2 aromatic rings. The van der Waals surface area contributed by atoms with Gasteiger partial charge in [0.1, 0.15) is 18.1 Å². The Morgan fingerprint density at radius 3 is 2.62 bits per heavy atom. The van der Waals surface area contributed by atoms with E-state index >= 15 is 0 Å². The van der Waals surface area contributed by atoms with Crippen LogP contribution < -0.4 is 9.47 Å². The molecule has 1 fully saturated rings. The van der Waals surface area contributed by atoms with Crippen molar-refractivity contribution in [2.45, 2.75) is 39.2 Å². The second-order valence-corrected chi connectivity index (χ2v) is 6.95. The van der Waals surface area contributed by atoms with Crippen LogP contribution in [0.4, 0.5) is 4.79 Å². The van der Waals surface area contributed by atoms with Crippen LogP contribution in [0.2, 0.25) is 0 Å². The smallest absolute Gasteiger partial charge is 0.372 e. The lowest BCUT2D eigenvalue weighted by molar-refractivity contribution is 0.225. The summed E-state index contributed by atoms with van der Waals surface area (Å²) in [5.41, 5.74) is 4.56. The van der Waals surface area contributed by atoms with Crippen LogP contribution in [-0.4, -0.2) is 11.6 Å². The highest BCUT2D eigenvalue weighted by atomic mass is 32.2. The maximum absolute atomic E-state index is 11.7. The zero-order valence-corrected chi connectivity index (χ0v) is 15.1. The minimum absolute atomic E-state index is 0.296. The lowest BCUT2D eigenvalue weighted by atomic mass is 10.0. The summed E-state index contributed by atoms with van der Waals surface area (Å²) in [4.78, 5) is 11.7. The van der Waals surface area contributed by atoms with Gasteiger partial charge in [-0.05, 0) is 73.9 Å². The standard InChI is InChI=1S/C20H22O3S/c1-13-7-10-18(14(2)11-13)22-12-17-16(15-8-9-15)5-4-6-19(17)23-20(21)24-3/h4-7,10-11,15H,8-9,12H2,1-3H3. The molecule has 0 radical (unpaired) electrons. The van der Waals surface area contributed by atoms with E-state index in [4.69, 9.17) is 9.47 Å². The zero-order chi connectivity index (χ0) is 17.1. The second-order valence-electron chi connectivity index (χ2n) is 6.21. The molecule has 1 aliphatic carbocycles. The number of thioether (sulfide) groups is 1. The summed E-state index contributed by atoms with van der Waals surface area (Å²) < 4.78 is 11.5. The predicted molar refractivity (Wildman–Crippen MR) is 98.2 cm³/mol. The molecule has 1 aliphatic rings. The van der Waals surface area contributed by atoms with Crippen molar-refractivity contribution in [3.8, 4) is 11.5 Å². The molecule has 0 unspecified atom stereocenters. The van der Waals surface area contributed by atoms with Crippen molar-refractivity contribution in [3.63, 3.8) is 0 Å². The SMILES string of the molecule is CSC(=O)Oc1cccc(C2CC2)c1COc1ccc(C)cc1C. The maximum Gasteiger partial charge on any atom is 0.372 e. The predicted octanol–water partition coefficient (Wildman–Crippen LogP) is 5.62. The number of hydrogen-bond acceptors (Lipinski definition) is 4. The molecule has 0 heterocycles. The Balaban J connectivity index is 1.85. The van der Waals surface area contributed by atoms with E-state index in [1.165, 1.54) is 24.0 Å². The fraction of sp³-hybridized carbons (Fsp3) is 0.350. The van der Waals surface area contributed by atoms with Gasteiger partial charge in [-0.3, -0.25) is 0 Å². The van der Waals surface area contributed by atoms with E-state index in [1.54, 1.807) is 6.26 Å². The van der Waals surface area contributed by atoms with E-state index in [9.17, 15) is 4.79 Å². The highest BCUT2D eigenvalue weighted by Crippen LogP contribution is 2.44. The quantitative estimate of drug-likeness (QED) is 0.661. The van der Waals surface area contributed by atoms with Gasteiger partial charge in [0.2, 0.25) is 0 Å². The van der Waals surface area contributed by atoms with Gasteiger partial charge in [-0.15, -0.1) is 0 Å². The molecule has 0 amide bonds. The molecule has 3 rings (SSSR count). The Bertz CT molecular complexity index is 751. The van der Waals surface area contributed by atoms with Gasteiger partial charge < -0.3 is 9.47 Å². The average Bonchev–Trinajstić information content (AvgIpc) is 3.39. The van der Waals surface area contributed by atoms with Crippen LogP contribution in [0.15, 0.2) is 36.4 Å². The lowest BCUT2D eigenvalue weighted by Crippen LogP contribution is -2.07. The largest absolute Gasteiger partial charge is 0.488 e. The van der Waals surface area contributed by atoms with Gasteiger partial charge >= 0.3 is 5.30 Å². The first-order valence-corrected chi connectivity index (χ1v) is 9.38. The van der Waals surface area contributed by atoms with E-state index in [0.29, 0.717) is 18.3 Å². The molecule has 3 nitrogen and oxygen atoms in total. The van der Waals surface area contributed by atoms with E-state index in [-0.39, 0.29) is 5.30 Å². The van der Waals surface area contributed by atoms with Crippen molar-refractivity contribution in [1.82, 2.24) is 0 Å². The average molecular weight is 342 g/mol. The summed E-state index contributed by atoms with van der Waals surface area (Å²) in [6.45, 7) is 4.52. The topological polar surface area (TPSA) is 35.5 Å². The summed E-state index contributed by atoms with van der Waals surface area (Å²) in [5, 5.41) is -0.296. The fourth-order valence-electron chi connectivity index (χ4n) is 2.85. The van der Waals surface area contributed by atoms with Crippen molar-refractivity contribution in [1.29, 1.82) is 0 Å². The number of carbonyl (C=O) groups is 1. The van der Waals surface area contributed by atoms with Crippen LogP contribution in [0, 0.1) is 13.8 Å². The summed E-state index contributed by atoms with van der Waals surface area (Å²) in [6, 6.07) is 12.1. The molecule has 4 heteroatoms. The molecule has 0 N–H and O–H groups in total. The molecule has 1 saturated carbocycles. The Labute approximate surface area is 147 Å². The van der Waals surface area contributed by atoms with E-state index in [1.807, 2.05) is 31.2 Å². The summed E-state index contributed by atoms with van der Waals surface area (Å²) in [6.07, 6.45) is 4.10. The van der Waals surface area contributed by atoms with Crippen LogP contribution in [0.25, 0.3) is 0 Å². The summed E-state index contributed by atoms with van der Waals surface area (Å²) in [7, 11) is 0. The van der Waals surface area contributed by atoms with E-state index < -0.39 is 0 Å². The van der Waals surface area contributed by atoms with Crippen LogP contribution in [0.5, 0.6) is 11.5 Å². The summed E-state index contributed by atoms with van der Waals surface area (Å²) in [5.74, 6) is 2.05. The Kier molecular flexibility index (Phi) is 5.14. The Morgan fingerprint density at radius 1 is 1.17 bits per heavy atom. The number of carbonyl (C=O) groups excluding carboxylic acids is 1. The molecular weight excluding hydrogens is 320 g/mol. The zero-order valence-electron chi connectivity index (χ0n) is 14.3. The van der Waals surface area contributed by atoms with Gasteiger partial charge in [0.15, 0.2) is 0 Å². The van der Waals surface area contributed by atoms with Gasteiger partial charge in [0, 0.05) is 5.56 Å². The number of aryl methyl sites for hydroxylation is 2.